The molecule has 0 aliphatic carbocycles. The van der Waals surface area contributed by atoms with Crippen LogP contribution in [-0.4, -0.2) is 26.2 Å². The van der Waals surface area contributed by atoms with Gasteiger partial charge in [0.1, 0.15) is 0 Å². The first-order valence-corrected chi connectivity index (χ1v) is 19.5. The zero-order valence-electron chi connectivity index (χ0n) is 31.2. The fourth-order valence-electron chi connectivity index (χ4n) is 5.68. The number of hydrogen-bond donors (Lipinski definition) is 1. The molecule has 0 aromatic rings. The summed E-state index contributed by atoms with van der Waals surface area (Å²) in [5.41, 5.74) is 1.65. The number of carbonyl (C=O) groups excluding carboxylic acids is 1. The van der Waals surface area contributed by atoms with Gasteiger partial charge in [0.2, 0.25) is 0 Å². The molecule has 0 aliphatic heterocycles. The van der Waals surface area contributed by atoms with E-state index in [1.165, 1.54) is 116 Å². The molecule has 3 heteroatoms. The van der Waals surface area contributed by atoms with Crippen LogP contribution >= 0.6 is 0 Å². The predicted molar refractivity (Wildman–Crippen MR) is 200 cm³/mol. The summed E-state index contributed by atoms with van der Waals surface area (Å²) >= 11 is 0. The molecule has 0 aromatic carbocycles. The van der Waals surface area contributed by atoms with Gasteiger partial charge in [0.05, 0.1) is 6.61 Å². The molecule has 1 atom stereocenters. The molecule has 0 rings (SSSR count). The molecular formula is C42H77NO2. The smallest absolute Gasteiger partial charge is 0.305 e. The van der Waals surface area contributed by atoms with Crippen molar-refractivity contribution in [2.24, 2.45) is 17.8 Å². The maximum absolute atomic E-state index is 12.2. The molecule has 0 spiro atoms. The van der Waals surface area contributed by atoms with Crippen molar-refractivity contribution in [3.8, 4) is 11.8 Å². The van der Waals surface area contributed by atoms with Crippen molar-refractivity contribution in [2.75, 3.05) is 20.2 Å². The third-order valence-electron chi connectivity index (χ3n) is 9.02. The monoisotopic (exact) mass is 628 g/mol. The molecule has 1 N–H and O–H groups in total. The van der Waals surface area contributed by atoms with Crippen molar-refractivity contribution in [3.05, 3.63) is 23.8 Å². The van der Waals surface area contributed by atoms with Crippen LogP contribution < -0.4 is 5.32 Å². The van der Waals surface area contributed by atoms with Gasteiger partial charge >= 0.3 is 5.97 Å². The van der Waals surface area contributed by atoms with Crippen molar-refractivity contribution < 1.29 is 9.53 Å². The Hall–Kier alpha value is -1.53. The Bertz CT molecular complexity index is 769. The first-order chi connectivity index (χ1) is 21.9. The maximum atomic E-state index is 12.2. The number of rotatable bonds is 31. The predicted octanol–water partition coefficient (Wildman–Crippen LogP) is 12.5. The van der Waals surface area contributed by atoms with E-state index in [4.69, 9.17) is 4.74 Å². The molecule has 0 aromatic heterocycles. The van der Waals surface area contributed by atoms with E-state index in [2.05, 4.69) is 77.1 Å². The van der Waals surface area contributed by atoms with Crippen molar-refractivity contribution >= 4 is 5.97 Å². The Balaban J connectivity index is 3.85. The van der Waals surface area contributed by atoms with Gasteiger partial charge in [-0.15, -0.1) is 5.92 Å². The van der Waals surface area contributed by atoms with Crippen molar-refractivity contribution in [1.82, 2.24) is 5.32 Å². The number of carbonyl (C=O) groups is 1. The average Bonchev–Trinajstić information content (AvgIpc) is 3.01. The van der Waals surface area contributed by atoms with E-state index in [-0.39, 0.29) is 5.97 Å². The van der Waals surface area contributed by atoms with Crippen LogP contribution in [0.25, 0.3) is 0 Å². The Morgan fingerprint density at radius 1 is 0.711 bits per heavy atom. The minimum atomic E-state index is 0.000148. The van der Waals surface area contributed by atoms with Gasteiger partial charge in [-0.3, -0.25) is 4.79 Å². The molecule has 0 amide bonds. The number of nitrogens with one attached hydrogen (secondary N) is 1. The van der Waals surface area contributed by atoms with Gasteiger partial charge in [0, 0.05) is 19.3 Å². The fourth-order valence-corrected chi connectivity index (χ4v) is 5.68. The normalized spacial score (nSPS) is 12.7. The van der Waals surface area contributed by atoms with Crippen LogP contribution in [-0.2, 0) is 9.53 Å². The topological polar surface area (TPSA) is 38.3 Å². The summed E-state index contributed by atoms with van der Waals surface area (Å²) in [6, 6.07) is 0. The van der Waals surface area contributed by atoms with Crippen LogP contribution in [0, 0.1) is 29.6 Å². The minimum absolute atomic E-state index is 0.000148. The van der Waals surface area contributed by atoms with Crippen LogP contribution in [0.1, 0.15) is 189 Å². The summed E-state index contributed by atoms with van der Waals surface area (Å²) in [5.74, 6) is 8.33. The number of ether oxygens (including phenoxy) is 1. The maximum Gasteiger partial charge on any atom is 0.305 e. The van der Waals surface area contributed by atoms with Gasteiger partial charge in [0.15, 0.2) is 0 Å². The van der Waals surface area contributed by atoms with Gasteiger partial charge in [-0.05, 0) is 95.6 Å². The quantitative estimate of drug-likeness (QED) is 0.0360. The molecule has 1 unspecified atom stereocenters. The summed E-state index contributed by atoms with van der Waals surface area (Å²) < 4.78 is 5.64. The van der Waals surface area contributed by atoms with Crippen molar-refractivity contribution in [1.29, 1.82) is 0 Å². The minimum Gasteiger partial charge on any atom is -0.465 e. The molecule has 0 heterocycles. The largest absolute Gasteiger partial charge is 0.465 e. The van der Waals surface area contributed by atoms with Crippen LogP contribution in [0.15, 0.2) is 23.8 Å². The summed E-state index contributed by atoms with van der Waals surface area (Å²) in [6.45, 7) is 12.9. The van der Waals surface area contributed by atoms with Crippen LogP contribution in [0.3, 0.4) is 0 Å². The molecule has 262 valence electrons. The molecule has 45 heavy (non-hydrogen) atoms. The number of esters is 1. The summed E-state index contributed by atoms with van der Waals surface area (Å²) in [6.07, 6.45) is 36.1. The van der Waals surface area contributed by atoms with E-state index >= 15 is 0 Å². The highest BCUT2D eigenvalue weighted by Crippen LogP contribution is 2.21. The fraction of sp³-hybridized carbons (Fsp3) is 0.833. The molecule has 0 aliphatic rings. The van der Waals surface area contributed by atoms with Crippen molar-refractivity contribution in [3.63, 3.8) is 0 Å². The van der Waals surface area contributed by atoms with E-state index in [9.17, 15) is 4.79 Å². The highest BCUT2D eigenvalue weighted by Gasteiger charge is 2.16. The second-order valence-corrected chi connectivity index (χ2v) is 14.2. The molecule has 0 bridgehead atoms. The number of unbranched alkanes of at least 4 members (excludes halogenated alkanes) is 15. The van der Waals surface area contributed by atoms with E-state index in [0.29, 0.717) is 30.8 Å². The summed E-state index contributed by atoms with van der Waals surface area (Å²) in [7, 11) is 2.06. The number of hydrogen-bond acceptors (Lipinski definition) is 3. The van der Waals surface area contributed by atoms with E-state index in [1.807, 2.05) is 0 Å². The average molecular weight is 628 g/mol. The first-order valence-electron chi connectivity index (χ1n) is 19.5. The van der Waals surface area contributed by atoms with E-state index in [0.717, 1.165) is 38.6 Å². The zero-order chi connectivity index (χ0) is 33.2. The third-order valence-corrected chi connectivity index (χ3v) is 9.02. The highest BCUT2D eigenvalue weighted by molar-refractivity contribution is 5.69. The lowest BCUT2D eigenvalue weighted by atomic mass is 9.89. The molecular weight excluding hydrogens is 550 g/mol. The first kappa shape index (κ1) is 43.5. The Labute approximate surface area is 282 Å². The van der Waals surface area contributed by atoms with E-state index in [1.54, 1.807) is 5.57 Å². The second-order valence-electron chi connectivity index (χ2n) is 14.2. The second kappa shape index (κ2) is 33.8. The van der Waals surface area contributed by atoms with Gasteiger partial charge in [0.25, 0.3) is 0 Å². The molecule has 0 saturated heterocycles. The molecule has 0 fully saturated rings. The number of allylic oxidation sites excluding steroid dienone is 3. The summed E-state index contributed by atoms with van der Waals surface area (Å²) in [5, 5.41) is 3.33. The standard InChI is InChI=1S/C42H77NO2/c1-7-8-9-10-11-12-13-14-15-16-17-18-19-20-21-24-27-30-40(35-36-43-6)31-28-25-22-23-26-29-32-42(44)45-37-41(39(4)5)34-33-38(2)3/h14-15,31,38-39,41,43H,7-10,13,16-30,32-37H2,1-6H3/b15-14-,40-31+. The summed E-state index contributed by atoms with van der Waals surface area (Å²) in [4.78, 5) is 12.2. The Morgan fingerprint density at radius 2 is 1.36 bits per heavy atom. The SMILES string of the molecule is CCCCCC#CC/C=C\CCCCCCCCC/C(=C\CCCCCCCC(=O)OCC(CCC(C)C)C(C)C)CCNC. The van der Waals surface area contributed by atoms with Gasteiger partial charge in [-0.2, -0.15) is 0 Å². The lowest BCUT2D eigenvalue weighted by molar-refractivity contribution is -0.145. The third kappa shape index (κ3) is 32.2. The highest BCUT2D eigenvalue weighted by atomic mass is 16.5. The van der Waals surface area contributed by atoms with Crippen LogP contribution in [0.5, 0.6) is 0 Å². The van der Waals surface area contributed by atoms with Crippen molar-refractivity contribution in [2.45, 2.75) is 189 Å². The molecule has 0 radical (unpaired) electrons. The van der Waals surface area contributed by atoms with E-state index < -0.39 is 0 Å². The lowest BCUT2D eigenvalue weighted by Gasteiger charge is -2.21. The Kier molecular flexibility index (Phi) is 32.7. The van der Waals surface area contributed by atoms with Gasteiger partial charge in [-0.1, -0.05) is 135 Å². The molecule has 0 saturated carbocycles. The van der Waals surface area contributed by atoms with Gasteiger partial charge in [-0.25, -0.2) is 0 Å². The zero-order valence-corrected chi connectivity index (χ0v) is 31.2. The van der Waals surface area contributed by atoms with Gasteiger partial charge < -0.3 is 10.1 Å². The van der Waals surface area contributed by atoms with Crippen LogP contribution in [0.4, 0.5) is 0 Å². The molecule has 3 nitrogen and oxygen atoms in total. The van der Waals surface area contributed by atoms with Crippen LogP contribution in [0.2, 0.25) is 0 Å². The Morgan fingerprint density at radius 3 is 2.00 bits per heavy atom. The lowest BCUT2D eigenvalue weighted by Crippen LogP contribution is -2.19.